The Hall–Kier alpha value is -2.50. The topological polar surface area (TPSA) is 93.4 Å². The maximum absolute atomic E-state index is 5.83. The first-order valence-electron chi connectivity index (χ1n) is 5.14. The third-order valence-electron chi connectivity index (χ3n) is 2.51. The number of H-pyrrole nitrogens is 1. The summed E-state index contributed by atoms with van der Waals surface area (Å²) < 4.78 is 0. The van der Waals surface area contributed by atoms with Gasteiger partial charge in [-0.15, -0.1) is 10.2 Å². The zero-order chi connectivity index (χ0) is 11.8. The highest BCUT2D eigenvalue weighted by Crippen LogP contribution is 2.23. The number of benzene rings is 1. The number of aromatic amines is 1. The monoisotopic (exact) mass is 226 g/mol. The summed E-state index contributed by atoms with van der Waals surface area (Å²) in [6.45, 7) is 1.76. The van der Waals surface area contributed by atoms with E-state index in [0.717, 1.165) is 16.6 Å². The second kappa shape index (κ2) is 3.51. The van der Waals surface area contributed by atoms with E-state index < -0.39 is 0 Å². The van der Waals surface area contributed by atoms with Crippen LogP contribution in [0, 0.1) is 6.92 Å². The molecule has 0 atom stereocenters. The van der Waals surface area contributed by atoms with Crippen molar-refractivity contribution < 1.29 is 0 Å². The maximum Gasteiger partial charge on any atom is 0.154 e. The number of imidazole rings is 1. The van der Waals surface area contributed by atoms with E-state index in [1.807, 2.05) is 18.2 Å². The Morgan fingerprint density at radius 2 is 2.12 bits per heavy atom. The molecule has 0 saturated carbocycles. The van der Waals surface area contributed by atoms with Crippen molar-refractivity contribution in [3.63, 3.8) is 0 Å². The number of aromatic nitrogens is 5. The van der Waals surface area contributed by atoms with Crippen LogP contribution in [0.4, 0.5) is 5.82 Å². The van der Waals surface area contributed by atoms with E-state index in [0.29, 0.717) is 17.3 Å². The van der Waals surface area contributed by atoms with Gasteiger partial charge in [-0.1, -0.05) is 6.07 Å². The van der Waals surface area contributed by atoms with E-state index in [1.54, 1.807) is 13.3 Å². The van der Waals surface area contributed by atoms with Crippen molar-refractivity contribution in [2.24, 2.45) is 0 Å². The molecule has 0 unspecified atom stereocenters. The number of nitrogen functional groups attached to an aromatic ring is 1. The number of aryl methyl sites for hydroxylation is 1. The lowest BCUT2D eigenvalue weighted by atomic mass is 10.1. The van der Waals surface area contributed by atoms with Gasteiger partial charge in [-0.3, -0.25) is 0 Å². The van der Waals surface area contributed by atoms with Gasteiger partial charge in [0, 0.05) is 5.56 Å². The molecule has 0 radical (unpaired) electrons. The van der Waals surface area contributed by atoms with E-state index in [4.69, 9.17) is 5.73 Å². The minimum Gasteiger partial charge on any atom is -0.382 e. The summed E-state index contributed by atoms with van der Waals surface area (Å²) in [6, 6.07) is 5.74. The normalized spacial score (nSPS) is 10.9. The molecule has 17 heavy (non-hydrogen) atoms. The van der Waals surface area contributed by atoms with Crippen LogP contribution in [0.15, 0.2) is 24.5 Å². The SMILES string of the molecule is Cc1nnc(-c2ccc3nc[nH]c3c2)c(N)n1. The number of fused-ring (bicyclic) bond motifs is 1. The summed E-state index contributed by atoms with van der Waals surface area (Å²) in [5, 5.41) is 7.98. The van der Waals surface area contributed by atoms with Crippen molar-refractivity contribution in [1.29, 1.82) is 0 Å². The van der Waals surface area contributed by atoms with Crippen LogP contribution in [0.2, 0.25) is 0 Å². The van der Waals surface area contributed by atoms with Gasteiger partial charge in [0.05, 0.1) is 17.4 Å². The van der Waals surface area contributed by atoms with Gasteiger partial charge < -0.3 is 10.7 Å². The lowest BCUT2D eigenvalue weighted by molar-refractivity contribution is 0.921. The van der Waals surface area contributed by atoms with Crippen molar-refractivity contribution in [2.45, 2.75) is 6.92 Å². The molecule has 6 heteroatoms. The molecule has 0 fully saturated rings. The molecule has 2 heterocycles. The summed E-state index contributed by atoms with van der Waals surface area (Å²) in [6.07, 6.45) is 1.65. The summed E-state index contributed by atoms with van der Waals surface area (Å²) in [5.74, 6) is 0.949. The predicted octanol–water partition coefficient (Wildman–Crippen LogP) is 1.31. The average molecular weight is 226 g/mol. The predicted molar refractivity (Wildman–Crippen MR) is 64.1 cm³/mol. The van der Waals surface area contributed by atoms with Crippen molar-refractivity contribution >= 4 is 16.9 Å². The molecule has 0 amide bonds. The number of hydrogen-bond acceptors (Lipinski definition) is 5. The molecule has 0 aliphatic heterocycles. The summed E-state index contributed by atoms with van der Waals surface area (Å²) in [4.78, 5) is 11.3. The third-order valence-corrected chi connectivity index (χ3v) is 2.51. The molecule has 84 valence electrons. The fourth-order valence-electron chi connectivity index (χ4n) is 1.71. The van der Waals surface area contributed by atoms with Crippen molar-refractivity contribution in [3.05, 3.63) is 30.4 Å². The Morgan fingerprint density at radius 1 is 1.24 bits per heavy atom. The van der Waals surface area contributed by atoms with Crippen molar-refractivity contribution in [2.75, 3.05) is 5.73 Å². The smallest absolute Gasteiger partial charge is 0.154 e. The van der Waals surface area contributed by atoms with Crippen LogP contribution >= 0.6 is 0 Å². The number of nitrogens with two attached hydrogens (primary N) is 1. The second-order valence-electron chi connectivity index (χ2n) is 3.73. The van der Waals surface area contributed by atoms with Crippen LogP contribution in [-0.4, -0.2) is 25.1 Å². The molecular formula is C11H10N6. The van der Waals surface area contributed by atoms with Crippen LogP contribution in [0.25, 0.3) is 22.3 Å². The van der Waals surface area contributed by atoms with Gasteiger partial charge in [0.2, 0.25) is 0 Å². The first kappa shape index (κ1) is 9.71. The van der Waals surface area contributed by atoms with Gasteiger partial charge in [0.15, 0.2) is 5.82 Å². The molecule has 1 aromatic carbocycles. The number of anilines is 1. The number of rotatable bonds is 1. The second-order valence-corrected chi connectivity index (χ2v) is 3.73. The van der Waals surface area contributed by atoms with Crippen LogP contribution in [0.5, 0.6) is 0 Å². The van der Waals surface area contributed by atoms with Crippen LogP contribution < -0.4 is 5.73 Å². The number of hydrogen-bond donors (Lipinski definition) is 2. The van der Waals surface area contributed by atoms with Gasteiger partial charge >= 0.3 is 0 Å². The molecule has 0 bridgehead atoms. The lowest BCUT2D eigenvalue weighted by Crippen LogP contribution is -2.01. The highest BCUT2D eigenvalue weighted by molar-refractivity contribution is 5.82. The van der Waals surface area contributed by atoms with Crippen LogP contribution in [0.3, 0.4) is 0 Å². The molecule has 0 aliphatic carbocycles. The molecule has 3 N–H and O–H groups in total. The first-order chi connectivity index (χ1) is 8.24. The van der Waals surface area contributed by atoms with Crippen molar-refractivity contribution in [3.8, 4) is 11.3 Å². The van der Waals surface area contributed by atoms with Crippen LogP contribution in [0.1, 0.15) is 5.82 Å². The minimum absolute atomic E-state index is 0.386. The van der Waals surface area contributed by atoms with E-state index in [1.165, 1.54) is 0 Å². The third kappa shape index (κ3) is 1.59. The Kier molecular flexibility index (Phi) is 2.01. The van der Waals surface area contributed by atoms with Gasteiger partial charge in [-0.25, -0.2) is 9.97 Å². The van der Waals surface area contributed by atoms with Gasteiger partial charge in [-0.2, -0.15) is 0 Å². The summed E-state index contributed by atoms with van der Waals surface area (Å²) in [5.41, 5.74) is 9.14. The highest BCUT2D eigenvalue weighted by atomic mass is 15.2. The standard InChI is InChI=1S/C11H10N6/c1-6-15-11(12)10(17-16-6)7-2-3-8-9(4-7)14-5-13-8/h2-5H,1H3,(H,13,14)(H2,12,15,16). The molecule has 0 spiro atoms. The van der Waals surface area contributed by atoms with Gasteiger partial charge in [0.1, 0.15) is 11.5 Å². The molecular weight excluding hydrogens is 216 g/mol. The zero-order valence-electron chi connectivity index (χ0n) is 9.18. The Bertz CT molecular complexity index is 687. The van der Waals surface area contributed by atoms with E-state index in [-0.39, 0.29) is 0 Å². The Labute approximate surface area is 96.9 Å². The molecule has 2 aromatic heterocycles. The fourth-order valence-corrected chi connectivity index (χ4v) is 1.71. The van der Waals surface area contributed by atoms with Crippen LogP contribution in [-0.2, 0) is 0 Å². The Morgan fingerprint density at radius 3 is 2.94 bits per heavy atom. The number of nitrogens with one attached hydrogen (secondary N) is 1. The summed E-state index contributed by atoms with van der Waals surface area (Å²) in [7, 11) is 0. The molecule has 6 nitrogen and oxygen atoms in total. The molecule has 3 aromatic rings. The highest BCUT2D eigenvalue weighted by Gasteiger charge is 2.08. The molecule has 0 saturated heterocycles. The largest absolute Gasteiger partial charge is 0.382 e. The first-order valence-corrected chi connectivity index (χ1v) is 5.14. The van der Waals surface area contributed by atoms with Gasteiger partial charge in [-0.05, 0) is 19.1 Å². The quantitative estimate of drug-likeness (QED) is 0.652. The Balaban J connectivity index is 2.19. The molecule has 3 rings (SSSR count). The minimum atomic E-state index is 0.386. The maximum atomic E-state index is 5.83. The average Bonchev–Trinajstić information content (AvgIpc) is 2.75. The fraction of sp³-hybridized carbons (Fsp3) is 0.0909. The molecule has 0 aliphatic rings. The van der Waals surface area contributed by atoms with E-state index in [2.05, 4.69) is 25.1 Å². The lowest BCUT2D eigenvalue weighted by Gasteiger charge is -2.03. The number of nitrogens with zero attached hydrogens (tertiary/aromatic N) is 4. The van der Waals surface area contributed by atoms with E-state index >= 15 is 0 Å². The zero-order valence-corrected chi connectivity index (χ0v) is 9.18. The van der Waals surface area contributed by atoms with Gasteiger partial charge in [0.25, 0.3) is 0 Å². The van der Waals surface area contributed by atoms with Crippen molar-refractivity contribution in [1.82, 2.24) is 25.1 Å². The summed E-state index contributed by atoms with van der Waals surface area (Å²) >= 11 is 0. The van der Waals surface area contributed by atoms with E-state index in [9.17, 15) is 0 Å².